The van der Waals surface area contributed by atoms with E-state index in [0.29, 0.717) is 0 Å². The highest BCUT2D eigenvalue weighted by Crippen LogP contribution is 2.24. The van der Waals surface area contributed by atoms with Gasteiger partial charge in [0.2, 0.25) is 0 Å². The normalized spacial score (nSPS) is 14.6. The maximum atomic E-state index is 6.15. The molecule has 1 aromatic rings. The van der Waals surface area contributed by atoms with Gasteiger partial charge >= 0.3 is 0 Å². The predicted octanol–water partition coefficient (Wildman–Crippen LogP) is 4.51. The molecule has 0 saturated heterocycles. The molecule has 0 fully saturated rings. The van der Waals surface area contributed by atoms with Crippen LogP contribution in [-0.2, 0) is 4.74 Å². The van der Waals surface area contributed by atoms with Crippen LogP contribution in [0.1, 0.15) is 64.0 Å². The van der Waals surface area contributed by atoms with Crippen LogP contribution >= 0.6 is 11.3 Å². The number of thiophene rings is 1. The Morgan fingerprint density at radius 1 is 1.22 bits per heavy atom. The van der Waals surface area contributed by atoms with Gasteiger partial charge in [0, 0.05) is 12.6 Å². The lowest BCUT2D eigenvalue weighted by molar-refractivity contribution is 0.0314. The smallest absolute Gasteiger partial charge is 0.0983 e. The minimum absolute atomic E-state index is 0.0763. The van der Waals surface area contributed by atoms with Crippen molar-refractivity contribution in [1.29, 1.82) is 0 Å². The fourth-order valence-electron chi connectivity index (χ4n) is 2.03. The van der Waals surface area contributed by atoms with E-state index in [1.165, 1.54) is 31.2 Å². The van der Waals surface area contributed by atoms with Crippen LogP contribution in [-0.4, -0.2) is 12.6 Å². The van der Waals surface area contributed by atoms with Gasteiger partial charge in [-0.2, -0.15) is 11.3 Å². The molecule has 2 N–H and O–H groups in total. The monoisotopic (exact) mass is 269 g/mol. The van der Waals surface area contributed by atoms with Crippen LogP contribution in [0.3, 0.4) is 0 Å². The Morgan fingerprint density at radius 2 is 2.00 bits per heavy atom. The fourth-order valence-corrected chi connectivity index (χ4v) is 2.72. The average Bonchev–Trinajstić information content (AvgIpc) is 2.91. The van der Waals surface area contributed by atoms with Crippen molar-refractivity contribution in [3.05, 3.63) is 22.4 Å². The third kappa shape index (κ3) is 5.51. The fraction of sp³-hybridized carbons (Fsp3) is 0.733. The molecule has 2 unspecified atom stereocenters. The molecule has 2 atom stereocenters. The quantitative estimate of drug-likeness (QED) is 0.634. The van der Waals surface area contributed by atoms with E-state index < -0.39 is 0 Å². The molecule has 1 aromatic heterocycles. The summed E-state index contributed by atoms with van der Waals surface area (Å²) >= 11 is 1.71. The third-order valence-electron chi connectivity index (χ3n) is 3.28. The molecule has 0 spiro atoms. The van der Waals surface area contributed by atoms with Gasteiger partial charge in [-0.3, -0.25) is 0 Å². The van der Waals surface area contributed by atoms with Crippen LogP contribution in [0.4, 0.5) is 0 Å². The summed E-state index contributed by atoms with van der Waals surface area (Å²) in [5, 5.41) is 4.24. The third-order valence-corrected chi connectivity index (χ3v) is 3.98. The van der Waals surface area contributed by atoms with Crippen LogP contribution in [0.2, 0.25) is 0 Å². The van der Waals surface area contributed by atoms with Gasteiger partial charge in [-0.1, -0.05) is 39.5 Å². The number of hydrogen-bond donors (Lipinski definition) is 1. The first kappa shape index (κ1) is 15.7. The molecule has 18 heavy (non-hydrogen) atoms. The minimum atomic E-state index is 0.0763. The summed E-state index contributed by atoms with van der Waals surface area (Å²) < 4.78 is 6.00. The van der Waals surface area contributed by atoms with Crippen molar-refractivity contribution in [3.8, 4) is 0 Å². The molecule has 0 aliphatic rings. The average molecular weight is 269 g/mol. The van der Waals surface area contributed by atoms with E-state index in [1.807, 2.05) is 0 Å². The van der Waals surface area contributed by atoms with E-state index in [1.54, 1.807) is 11.3 Å². The molecule has 0 radical (unpaired) electrons. The molecule has 0 saturated carbocycles. The molecule has 1 rings (SSSR count). The van der Waals surface area contributed by atoms with Crippen LogP contribution in [0.25, 0.3) is 0 Å². The molecule has 1 heterocycles. The number of hydrogen-bond acceptors (Lipinski definition) is 3. The van der Waals surface area contributed by atoms with Crippen LogP contribution < -0.4 is 5.73 Å². The highest BCUT2D eigenvalue weighted by atomic mass is 32.1. The van der Waals surface area contributed by atoms with E-state index in [4.69, 9.17) is 10.5 Å². The maximum Gasteiger partial charge on any atom is 0.0983 e. The Bertz CT molecular complexity index is 287. The summed E-state index contributed by atoms with van der Waals surface area (Å²) in [6.07, 6.45) is 7.40. The topological polar surface area (TPSA) is 35.2 Å². The SMILES string of the molecule is CCCCCCCOC(c1ccsc1)C(N)CC. The van der Waals surface area contributed by atoms with Gasteiger partial charge in [-0.25, -0.2) is 0 Å². The second-order valence-corrected chi connectivity index (χ2v) is 5.61. The first-order chi connectivity index (χ1) is 8.79. The van der Waals surface area contributed by atoms with Crippen molar-refractivity contribution in [2.24, 2.45) is 5.73 Å². The number of unbranched alkanes of at least 4 members (excludes halogenated alkanes) is 4. The molecular weight excluding hydrogens is 242 g/mol. The van der Waals surface area contributed by atoms with Crippen LogP contribution in [0, 0.1) is 0 Å². The zero-order valence-electron chi connectivity index (χ0n) is 11.7. The summed E-state index contributed by atoms with van der Waals surface area (Å²) in [7, 11) is 0. The van der Waals surface area contributed by atoms with Gasteiger partial charge < -0.3 is 10.5 Å². The summed E-state index contributed by atoms with van der Waals surface area (Å²) in [6.45, 7) is 5.19. The van der Waals surface area contributed by atoms with E-state index >= 15 is 0 Å². The van der Waals surface area contributed by atoms with Crippen molar-refractivity contribution in [2.75, 3.05) is 6.61 Å². The lowest BCUT2D eigenvalue weighted by Gasteiger charge is -2.22. The van der Waals surface area contributed by atoms with E-state index in [-0.39, 0.29) is 12.1 Å². The van der Waals surface area contributed by atoms with Gasteiger partial charge in [-0.05, 0) is 35.2 Å². The molecular formula is C15H27NOS. The lowest BCUT2D eigenvalue weighted by atomic mass is 10.0. The highest BCUT2D eigenvalue weighted by Gasteiger charge is 2.19. The van der Waals surface area contributed by atoms with Gasteiger partial charge in [-0.15, -0.1) is 0 Å². The second-order valence-electron chi connectivity index (χ2n) is 4.83. The molecule has 0 bridgehead atoms. The van der Waals surface area contributed by atoms with Gasteiger partial charge in [0.15, 0.2) is 0 Å². The summed E-state index contributed by atoms with van der Waals surface area (Å²) in [5.74, 6) is 0. The highest BCUT2D eigenvalue weighted by molar-refractivity contribution is 7.07. The Morgan fingerprint density at radius 3 is 2.61 bits per heavy atom. The molecule has 0 amide bonds. The number of ether oxygens (including phenoxy) is 1. The van der Waals surface area contributed by atoms with Crippen molar-refractivity contribution in [2.45, 2.75) is 64.5 Å². The Balaban J connectivity index is 2.30. The summed E-state index contributed by atoms with van der Waals surface area (Å²) in [4.78, 5) is 0. The lowest BCUT2D eigenvalue weighted by Crippen LogP contribution is -2.29. The first-order valence-electron chi connectivity index (χ1n) is 7.18. The van der Waals surface area contributed by atoms with E-state index in [0.717, 1.165) is 19.4 Å². The number of rotatable bonds is 10. The number of nitrogens with two attached hydrogens (primary N) is 1. The van der Waals surface area contributed by atoms with Crippen molar-refractivity contribution < 1.29 is 4.74 Å². The molecule has 0 aliphatic heterocycles. The summed E-state index contributed by atoms with van der Waals surface area (Å²) in [5.41, 5.74) is 7.39. The van der Waals surface area contributed by atoms with Crippen LogP contribution in [0.5, 0.6) is 0 Å². The standard InChI is InChI=1S/C15H27NOS/c1-3-5-6-7-8-10-17-15(14(16)4-2)13-9-11-18-12-13/h9,11-12,14-15H,3-8,10,16H2,1-2H3. The molecule has 104 valence electrons. The summed E-state index contributed by atoms with van der Waals surface area (Å²) in [6, 6.07) is 2.23. The van der Waals surface area contributed by atoms with Gasteiger partial charge in [0.1, 0.15) is 0 Å². The van der Waals surface area contributed by atoms with E-state index in [2.05, 4.69) is 30.7 Å². The van der Waals surface area contributed by atoms with Crippen LogP contribution in [0.15, 0.2) is 16.8 Å². The maximum absolute atomic E-state index is 6.15. The van der Waals surface area contributed by atoms with Crippen molar-refractivity contribution in [3.63, 3.8) is 0 Å². The predicted molar refractivity (Wildman–Crippen MR) is 80.0 cm³/mol. The minimum Gasteiger partial charge on any atom is -0.372 e. The molecule has 2 nitrogen and oxygen atoms in total. The van der Waals surface area contributed by atoms with Crippen molar-refractivity contribution in [1.82, 2.24) is 0 Å². The molecule has 0 aliphatic carbocycles. The van der Waals surface area contributed by atoms with Crippen molar-refractivity contribution >= 4 is 11.3 Å². The van der Waals surface area contributed by atoms with Gasteiger partial charge in [0.05, 0.1) is 6.10 Å². The zero-order chi connectivity index (χ0) is 13.2. The first-order valence-corrected chi connectivity index (χ1v) is 8.13. The molecule has 3 heteroatoms. The Labute approximate surface area is 116 Å². The largest absolute Gasteiger partial charge is 0.372 e. The van der Waals surface area contributed by atoms with E-state index in [9.17, 15) is 0 Å². The Hall–Kier alpha value is -0.380. The molecule has 0 aromatic carbocycles. The van der Waals surface area contributed by atoms with Gasteiger partial charge in [0.25, 0.3) is 0 Å². The second kappa shape index (κ2) is 9.54. The zero-order valence-corrected chi connectivity index (χ0v) is 12.5. The Kier molecular flexibility index (Phi) is 8.31.